The van der Waals surface area contributed by atoms with Crippen molar-refractivity contribution in [2.45, 2.75) is 50.5 Å². The molecule has 0 N–H and O–H groups in total. The van der Waals surface area contributed by atoms with Gasteiger partial charge < -0.3 is 0 Å². The van der Waals surface area contributed by atoms with Gasteiger partial charge in [-0.15, -0.1) is 0 Å². The monoisotopic (exact) mass is 406 g/mol. The van der Waals surface area contributed by atoms with Crippen LogP contribution in [-0.2, 0) is 12.0 Å². The summed E-state index contributed by atoms with van der Waals surface area (Å²) in [5.74, 6) is 0.378. The van der Waals surface area contributed by atoms with Gasteiger partial charge in [-0.1, -0.05) is 34.6 Å². The number of benzene rings is 1. The highest BCUT2D eigenvalue weighted by molar-refractivity contribution is 9.10. The molecule has 5 heteroatoms. The Morgan fingerprint density at radius 3 is 2.88 bits per heavy atom. The average molecular weight is 407 g/mol. The number of hydrogen-bond acceptors (Lipinski definition) is 2. The molecular weight excluding hydrogens is 387 g/mol. The van der Waals surface area contributed by atoms with Gasteiger partial charge in [-0.05, 0) is 62.3 Å². The van der Waals surface area contributed by atoms with Crippen molar-refractivity contribution < 1.29 is 4.39 Å². The topological polar surface area (TPSA) is 17.8 Å². The first-order valence-corrected chi connectivity index (χ1v) is 9.81. The van der Waals surface area contributed by atoms with Crippen LogP contribution in [0, 0.1) is 11.7 Å². The molecule has 0 radical (unpaired) electrons. The van der Waals surface area contributed by atoms with Crippen molar-refractivity contribution in [2.24, 2.45) is 5.92 Å². The Bertz CT molecular complexity index is 783. The highest BCUT2D eigenvalue weighted by Gasteiger charge is 2.50. The molecule has 1 fully saturated rings. The summed E-state index contributed by atoms with van der Waals surface area (Å²) in [5, 5.41) is 4.53. The van der Waals surface area contributed by atoms with Crippen LogP contribution in [0.25, 0.3) is 0 Å². The SMILES string of the molecule is Fc1ccc(Br)cc1C1(C2CC2)CCCCC(=S)Cn2nccc21. The summed E-state index contributed by atoms with van der Waals surface area (Å²) in [5.41, 5.74) is 1.66. The van der Waals surface area contributed by atoms with Gasteiger partial charge in [-0.2, -0.15) is 5.10 Å². The quantitative estimate of drug-likeness (QED) is 0.619. The molecule has 1 aliphatic heterocycles. The molecule has 0 bridgehead atoms. The molecule has 0 saturated heterocycles. The largest absolute Gasteiger partial charge is 0.264 e. The van der Waals surface area contributed by atoms with Crippen molar-refractivity contribution in [2.75, 3.05) is 0 Å². The van der Waals surface area contributed by atoms with Gasteiger partial charge in [0.1, 0.15) is 5.82 Å². The lowest BCUT2D eigenvalue weighted by Gasteiger charge is -2.35. The minimum Gasteiger partial charge on any atom is -0.264 e. The van der Waals surface area contributed by atoms with E-state index in [1.807, 2.05) is 16.9 Å². The van der Waals surface area contributed by atoms with Gasteiger partial charge in [0, 0.05) is 32.2 Å². The maximum absolute atomic E-state index is 14.9. The van der Waals surface area contributed by atoms with Crippen LogP contribution in [0.1, 0.15) is 49.8 Å². The standard InChI is InChI=1S/C19H20BrFN2S/c20-14-6-7-17(21)16(11-14)19(13-4-5-13)9-2-1-3-15(24)12-23-18(19)8-10-22-23/h6-8,10-11,13H,1-5,9,12H2. The van der Waals surface area contributed by atoms with E-state index >= 15 is 0 Å². The number of rotatable bonds is 2. The average Bonchev–Trinajstić information content (AvgIpc) is 3.29. The van der Waals surface area contributed by atoms with Crippen LogP contribution >= 0.6 is 28.1 Å². The Labute approximate surface area is 155 Å². The Hall–Kier alpha value is -1.07. The molecular formula is C19H20BrFN2S. The van der Waals surface area contributed by atoms with Crippen LogP contribution < -0.4 is 0 Å². The number of thiocarbonyl (C=S) groups is 1. The van der Waals surface area contributed by atoms with Gasteiger partial charge in [0.05, 0.1) is 6.54 Å². The third-order valence-electron chi connectivity index (χ3n) is 5.46. The van der Waals surface area contributed by atoms with E-state index in [4.69, 9.17) is 12.2 Å². The minimum atomic E-state index is -0.287. The molecule has 2 aliphatic rings. The number of nitrogens with zero attached hydrogens (tertiary/aromatic N) is 2. The van der Waals surface area contributed by atoms with E-state index in [9.17, 15) is 4.39 Å². The Balaban J connectivity index is 1.94. The van der Waals surface area contributed by atoms with Crippen LogP contribution in [0.15, 0.2) is 34.9 Å². The maximum atomic E-state index is 14.9. The second kappa shape index (κ2) is 6.34. The number of fused-ring (bicyclic) bond motifs is 1. The van der Waals surface area contributed by atoms with E-state index in [0.29, 0.717) is 12.5 Å². The molecule has 2 nitrogen and oxygen atoms in total. The van der Waals surface area contributed by atoms with Crippen molar-refractivity contribution in [3.05, 3.63) is 52.0 Å². The molecule has 24 heavy (non-hydrogen) atoms. The highest BCUT2D eigenvalue weighted by atomic mass is 79.9. The third-order valence-corrected chi connectivity index (χ3v) is 6.29. The van der Waals surface area contributed by atoms with E-state index in [2.05, 4.69) is 27.1 Å². The summed E-state index contributed by atoms with van der Waals surface area (Å²) in [6.45, 7) is 0.668. The van der Waals surface area contributed by atoms with E-state index in [0.717, 1.165) is 59.1 Å². The second-order valence-electron chi connectivity index (χ2n) is 6.99. The van der Waals surface area contributed by atoms with Gasteiger partial charge in [0.25, 0.3) is 0 Å². The smallest absolute Gasteiger partial charge is 0.127 e. The predicted molar refractivity (Wildman–Crippen MR) is 101 cm³/mol. The number of halogens is 2. The normalized spacial score (nSPS) is 24.8. The molecule has 1 aromatic carbocycles. The maximum Gasteiger partial charge on any atom is 0.127 e. The molecule has 1 saturated carbocycles. The third kappa shape index (κ3) is 2.76. The van der Waals surface area contributed by atoms with Gasteiger partial charge in [0.15, 0.2) is 0 Å². The molecule has 126 valence electrons. The van der Waals surface area contributed by atoms with Crippen molar-refractivity contribution in [3.8, 4) is 0 Å². The molecule has 2 heterocycles. The van der Waals surface area contributed by atoms with Gasteiger partial charge in [0.2, 0.25) is 0 Å². The summed E-state index contributed by atoms with van der Waals surface area (Å²) in [6.07, 6.45) is 8.20. The summed E-state index contributed by atoms with van der Waals surface area (Å²) >= 11 is 9.07. The van der Waals surface area contributed by atoms with Gasteiger partial charge in [-0.25, -0.2) is 4.39 Å². The Kier molecular flexibility index (Phi) is 4.33. The van der Waals surface area contributed by atoms with E-state index in [1.54, 1.807) is 12.1 Å². The zero-order valence-electron chi connectivity index (χ0n) is 13.5. The van der Waals surface area contributed by atoms with Crippen molar-refractivity contribution >= 4 is 33.0 Å². The fourth-order valence-electron chi connectivity index (χ4n) is 4.26. The number of hydrogen-bond donors (Lipinski definition) is 0. The summed E-state index contributed by atoms with van der Waals surface area (Å²) in [4.78, 5) is 1.04. The number of aromatic nitrogens is 2. The zero-order valence-corrected chi connectivity index (χ0v) is 15.9. The minimum absolute atomic E-state index is 0.111. The fourth-order valence-corrected chi connectivity index (χ4v) is 4.89. The van der Waals surface area contributed by atoms with E-state index in [-0.39, 0.29) is 11.2 Å². The summed E-state index contributed by atoms with van der Waals surface area (Å²) in [6, 6.07) is 7.41. The molecule has 4 rings (SSSR count). The fraction of sp³-hybridized carbons (Fsp3) is 0.474. The molecule has 0 spiro atoms. The van der Waals surface area contributed by atoms with Crippen LogP contribution in [0.3, 0.4) is 0 Å². The first-order chi connectivity index (χ1) is 11.6. The molecule has 1 atom stereocenters. The molecule has 1 aromatic heterocycles. The predicted octanol–water partition coefficient (Wildman–Crippen LogP) is 5.42. The van der Waals surface area contributed by atoms with Crippen LogP contribution in [0.4, 0.5) is 4.39 Å². The van der Waals surface area contributed by atoms with Crippen molar-refractivity contribution in [3.63, 3.8) is 0 Å². The lowest BCUT2D eigenvalue weighted by Crippen LogP contribution is -2.34. The van der Waals surface area contributed by atoms with Crippen molar-refractivity contribution in [1.82, 2.24) is 9.78 Å². The van der Waals surface area contributed by atoms with Crippen LogP contribution in [-0.4, -0.2) is 14.6 Å². The van der Waals surface area contributed by atoms with Gasteiger partial charge in [-0.3, -0.25) is 4.68 Å². The first kappa shape index (κ1) is 16.4. The lowest BCUT2D eigenvalue weighted by molar-refractivity contribution is 0.358. The molecule has 1 unspecified atom stereocenters. The molecule has 1 aliphatic carbocycles. The summed E-state index contributed by atoms with van der Waals surface area (Å²) < 4.78 is 17.9. The molecule has 0 amide bonds. The van der Waals surface area contributed by atoms with E-state index < -0.39 is 0 Å². The first-order valence-electron chi connectivity index (χ1n) is 8.61. The Morgan fingerprint density at radius 2 is 2.08 bits per heavy atom. The zero-order chi connectivity index (χ0) is 16.7. The van der Waals surface area contributed by atoms with Crippen LogP contribution in [0.5, 0.6) is 0 Å². The van der Waals surface area contributed by atoms with E-state index in [1.165, 1.54) is 0 Å². The lowest BCUT2D eigenvalue weighted by atomic mass is 9.69. The van der Waals surface area contributed by atoms with Crippen LogP contribution in [0.2, 0.25) is 0 Å². The second-order valence-corrected chi connectivity index (χ2v) is 8.48. The van der Waals surface area contributed by atoms with Gasteiger partial charge >= 0.3 is 0 Å². The molecule has 2 aromatic rings. The summed E-state index contributed by atoms with van der Waals surface area (Å²) in [7, 11) is 0. The van der Waals surface area contributed by atoms with Crippen molar-refractivity contribution in [1.29, 1.82) is 0 Å². The highest BCUT2D eigenvalue weighted by Crippen LogP contribution is 2.55. The Morgan fingerprint density at radius 1 is 1.25 bits per heavy atom.